The van der Waals surface area contributed by atoms with Crippen LogP contribution in [0.5, 0.6) is 0 Å². The molecule has 2 aromatic rings. The molecule has 0 fully saturated rings. The second kappa shape index (κ2) is 7.63. The molecule has 0 radical (unpaired) electrons. The van der Waals surface area contributed by atoms with Crippen LogP contribution in [0.4, 0.5) is 0 Å². The van der Waals surface area contributed by atoms with Crippen LogP contribution in [-0.4, -0.2) is 19.0 Å². The highest BCUT2D eigenvalue weighted by molar-refractivity contribution is 7.10. The largest absolute Gasteiger partial charge is 0.344 e. The standard InChI is InChI=1S/C17H18N2OS/c1-3-10-18-16(20)12-19-17(15-5-4-11-21-15)14-8-6-13(2)7-9-14/h1,4-9,11,17,19H,10,12H2,2H3,(H,18,20)/t17-/m0/s1. The van der Waals surface area contributed by atoms with E-state index in [1.165, 1.54) is 10.4 Å². The van der Waals surface area contributed by atoms with Crippen LogP contribution in [0.2, 0.25) is 0 Å². The zero-order valence-electron chi connectivity index (χ0n) is 11.9. The number of aryl methyl sites for hydroxylation is 1. The molecule has 0 spiro atoms. The van der Waals surface area contributed by atoms with Crippen molar-refractivity contribution in [2.45, 2.75) is 13.0 Å². The van der Waals surface area contributed by atoms with Gasteiger partial charge in [0.25, 0.3) is 0 Å². The number of terminal acetylenes is 1. The average Bonchev–Trinajstić information content (AvgIpc) is 3.01. The Morgan fingerprint density at radius 1 is 1.33 bits per heavy atom. The molecule has 0 unspecified atom stereocenters. The molecule has 0 aliphatic carbocycles. The van der Waals surface area contributed by atoms with E-state index in [1.807, 2.05) is 11.4 Å². The Bertz CT molecular complexity index is 611. The zero-order valence-corrected chi connectivity index (χ0v) is 12.7. The van der Waals surface area contributed by atoms with Gasteiger partial charge in [-0.3, -0.25) is 10.1 Å². The quantitative estimate of drug-likeness (QED) is 0.805. The van der Waals surface area contributed by atoms with Gasteiger partial charge in [0, 0.05) is 4.88 Å². The molecule has 0 aliphatic heterocycles. The summed E-state index contributed by atoms with van der Waals surface area (Å²) in [6, 6.07) is 12.4. The maximum atomic E-state index is 11.7. The molecule has 2 N–H and O–H groups in total. The summed E-state index contributed by atoms with van der Waals surface area (Å²) in [6.45, 7) is 2.55. The van der Waals surface area contributed by atoms with Crippen LogP contribution in [-0.2, 0) is 4.79 Å². The minimum absolute atomic E-state index is 0.0159. The van der Waals surface area contributed by atoms with Crippen molar-refractivity contribution in [2.75, 3.05) is 13.1 Å². The highest BCUT2D eigenvalue weighted by atomic mass is 32.1. The lowest BCUT2D eigenvalue weighted by atomic mass is 10.0. The summed E-state index contributed by atoms with van der Waals surface area (Å²) in [5.41, 5.74) is 2.36. The molecule has 0 saturated heterocycles. The molecular formula is C17H18N2OS. The number of rotatable bonds is 6. The van der Waals surface area contributed by atoms with Crippen molar-refractivity contribution in [2.24, 2.45) is 0 Å². The van der Waals surface area contributed by atoms with E-state index in [0.29, 0.717) is 0 Å². The SMILES string of the molecule is C#CCNC(=O)CN[C@@H](c1ccc(C)cc1)c1cccs1. The summed E-state index contributed by atoms with van der Waals surface area (Å²) in [6.07, 6.45) is 5.13. The van der Waals surface area contributed by atoms with Crippen LogP contribution in [0.3, 0.4) is 0 Å². The Kier molecular flexibility index (Phi) is 5.56. The summed E-state index contributed by atoms with van der Waals surface area (Å²) < 4.78 is 0. The van der Waals surface area contributed by atoms with Crippen LogP contribution in [0, 0.1) is 19.3 Å². The lowest BCUT2D eigenvalue weighted by molar-refractivity contribution is -0.120. The van der Waals surface area contributed by atoms with Crippen molar-refractivity contribution in [3.63, 3.8) is 0 Å². The first-order valence-electron chi connectivity index (χ1n) is 6.74. The maximum Gasteiger partial charge on any atom is 0.234 e. The molecule has 0 saturated carbocycles. The van der Waals surface area contributed by atoms with E-state index in [9.17, 15) is 4.79 Å². The Morgan fingerprint density at radius 2 is 2.10 bits per heavy atom. The molecule has 0 bridgehead atoms. The number of thiophene rings is 1. The number of nitrogens with one attached hydrogen (secondary N) is 2. The van der Waals surface area contributed by atoms with Gasteiger partial charge < -0.3 is 5.32 Å². The van der Waals surface area contributed by atoms with Crippen LogP contribution < -0.4 is 10.6 Å². The number of hydrogen-bond acceptors (Lipinski definition) is 3. The van der Waals surface area contributed by atoms with E-state index >= 15 is 0 Å². The lowest BCUT2D eigenvalue weighted by Gasteiger charge is -2.18. The Morgan fingerprint density at radius 3 is 2.71 bits per heavy atom. The summed E-state index contributed by atoms with van der Waals surface area (Å²) in [5.74, 6) is 2.30. The van der Waals surface area contributed by atoms with E-state index < -0.39 is 0 Å². The molecule has 1 heterocycles. The van der Waals surface area contributed by atoms with Crippen LogP contribution in [0.15, 0.2) is 41.8 Å². The number of benzene rings is 1. The van der Waals surface area contributed by atoms with E-state index in [-0.39, 0.29) is 25.0 Å². The first kappa shape index (κ1) is 15.3. The van der Waals surface area contributed by atoms with Gasteiger partial charge in [-0.2, -0.15) is 0 Å². The monoisotopic (exact) mass is 298 g/mol. The summed E-state index contributed by atoms with van der Waals surface area (Å²) >= 11 is 1.67. The molecule has 1 atom stereocenters. The molecule has 1 amide bonds. The minimum atomic E-state index is -0.0957. The molecule has 3 nitrogen and oxygen atoms in total. The minimum Gasteiger partial charge on any atom is -0.344 e. The van der Waals surface area contributed by atoms with Gasteiger partial charge >= 0.3 is 0 Å². The average molecular weight is 298 g/mol. The van der Waals surface area contributed by atoms with Crippen molar-refractivity contribution in [3.05, 3.63) is 57.8 Å². The molecule has 0 aliphatic rings. The Hall–Kier alpha value is -2.09. The fourth-order valence-electron chi connectivity index (χ4n) is 2.00. The number of amides is 1. The van der Waals surface area contributed by atoms with Crippen molar-refractivity contribution < 1.29 is 4.79 Å². The fraction of sp³-hybridized carbons (Fsp3) is 0.235. The summed E-state index contributed by atoms with van der Waals surface area (Å²) in [5, 5.41) is 7.99. The van der Waals surface area contributed by atoms with Crippen molar-refractivity contribution >= 4 is 17.2 Å². The van der Waals surface area contributed by atoms with Crippen LogP contribution in [0.1, 0.15) is 22.0 Å². The predicted octanol–water partition coefficient (Wildman–Crippen LogP) is 2.48. The van der Waals surface area contributed by atoms with E-state index in [1.54, 1.807) is 11.3 Å². The van der Waals surface area contributed by atoms with E-state index in [4.69, 9.17) is 6.42 Å². The van der Waals surface area contributed by atoms with Gasteiger partial charge in [0.2, 0.25) is 5.91 Å². The number of carbonyl (C=O) groups excluding carboxylic acids is 1. The first-order valence-corrected chi connectivity index (χ1v) is 7.62. The van der Waals surface area contributed by atoms with Crippen molar-refractivity contribution in [1.29, 1.82) is 0 Å². The Balaban J connectivity index is 2.09. The summed E-state index contributed by atoms with van der Waals surface area (Å²) in [4.78, 5) is 12.9. The number of carbonyl (C=O) groups is 1. The van der Waals surface area contributed by atoms with Crippen molar-refractivity contribution in [1.82, 2.24) is 10.6 Å². The lowest BCUT2D eigenvalue weighted by Crippen LogP contribution is -2.36. The van der Waals surface area contributed by atoms with Gasteiger partial charge in [-0.25, -0.2) is 0 Å². The van der Waals surface area contributed by atoms with Gasteiger partial charge in [-0.15, -0.1) is 17.8 Å². The third-order valence-electron chi connectivity index (χ3n) is 3.09. The second-order valence-corrected chi connectivity index (χ2v) is 5.70. The third-order valence-corrected chi connectivity index (χ3v) is 4.03. The van der Waals surface area contributed by atoms with Gasteiger partial charge in [0.1, 0.15) is 0 Å². The van der Waals surface area contributed by atoms with Gasteiger partial charge in [-0.05, 0) is 23.9 Å². The normalized spacial score (nSPS) is 11.6. The van der Waals surface area contributed by atoms with E-state index in [2.05, 4.69) is 53.8 Å². The third kappa shape index (κ3) is 4.45. The molecule has 1 aromatic carbocycles. The highest BCUT2D eigenvalue weighted by Crippen LogP contribution is 2.26. The predicted molar refractivity (Wildman–Crippen MR) is 87.2 cm³/mol. The zero-order chi connectivity index (χ0) is 15.1. The van der Waals surface area contributed by atoms with Gasteiger partial charge in [0.05, 0.1) is 19.1 Å². The van der Waals surface area contributed by atoms with Gasteiger partial charge in [0.15, 0.2) is 0 Å². The van der Waals surface area contributed by atoms with Crippen LogP contribution in [0.25, 0.3) is 0 Å². The highest BCUT2D eigenvalue weighted by Gasteiger charge is 2.15. The fourth-order valence-corrected chi connectivity index (χ4v) is 2.83. The molecular weight excluding hydrogens is 280 g/mol. The van der Waals surface area contributed by atoms with E-state index in [0.717, 1.165) is 5.56 Å². The van der Waals surface area contributed by atoms with Gasteiger partial charge in [-0.1, -0.05) is 41.8 Å². The molecule has 4 heteroatoms. The maximum absolute atomic E-state index is 11.7. The smallest absolute Gasteiger partial charge is 0.234 e. The first-order chi connectivity index (χ1) is 10.2. The molecule has 21 heavy (non-hydrogen) atoms. The topological polar surface area (TPSA) is 41.1 Å². The Labute approximate surface area is 129 Å². The number of hydrogen-bond donors (Lipinski definition) is 2. The second-order valence-electron chi connectivity index (χ2n) is 4.72. The molecule has 2 rings (SSSR count). The summed E-state index contributed by atoms with van der Waals surface area (Å²) in [7, 11) is 0. The molecule has 1 aromatic heterocycles. The molecule has 108 valence electrons. The van der Waals surface area contributed by atoms with Crippen LogP contribution >= 0.6 is 11.3 Å². The van der Waals surface area contributed by atoms with Crippen molar-refractivity contribution in [3.8, 4) is 12.3 Å².